The standard InChI is InChI=1S/C9H9NO4S/c10-15(13,14)6-8(9(11)12)7-4-2-1-3-5-7/h1-6H,(H,11,12)(H2,10,13,14). The number of primary sulfonamides is 1. The van der Waals surface area contributed by atoms with Crippen LogP contribution in [-0.2, 0) is 14.8 Å². The van der Waals surface area contributed by atoms with Crippen molar-refractivity contribution in [2.45, 2.75) is 0 Å². The molecule has 6 heteroatoms. The van der Waals surface area contributed by atoms with Crippen molar-refractivity contribution in [2.24, 2.45) is 5.14 Å². The van der Waals surface area contributed by atoms with E-state index in [1.54, 1.807) is 18.2 Å². The summed E-state index contributed by atoms with van der Waals surface area (Å²) >= 11 is 0. The van der Waals surface area contributed by atoms with Crippen LogP contribution in [0.25, 0.3) is 5.57 Å². The summed E-state index contributed by atoms with van der Waals surface area (Å²) in [6.07, 6.45) is 0. The van der Waals surface area contributed by atoms with Crippen LogP contribution in [0.15, 0.2) is 35.7 Å². The van der Waals surface area contributed by atoms with E-state index in [1.165, 1.54) is 12.1 Å². The molecule has 1 aromatic rings. The number of carbonyl (C=O) groups is 1. The van der Waals surface area contributed by atoms with Gasteiger partial charge in [0.2, 0.25) is 10.0 Å². The van der Waals surface area contributed by atoms with E-state index in [4.69, 9.17) is 10.2 Å². The van der Waals surface area contributed by atoms with Gasteiger partial charge in [-0.1, -0.05) is 30.3 Å². The minimum absolute atomic E-state index is 0.291. The lowest BCUT2D eigenvalue weighted by atomic mass is 10.1. The van der Waals surface area contributed by atoms with Gasteiger partial charge in [-0.15, -0.1) is 0 Å². The van der Waals surface area contributed by atoms with Gasteiger partial charge in [0.1, 0.15) is 0 Å². The van der Waals surface area contributed by atoms with Crippen LogP contribution >= 0.6 is 0 Å². The Morgan fingerprint density at radius 3 is 2.20 bits per heavy atom. The highest BCUT2D eigenvalue weighted by molar-refractivity contribution is 7.92. The average Bonchev–Trinajstić information content (AvgIpc) is 2.14. The number of hydrogen-bond donors (Lipinski definition) is 2. The van der Waals surface area contributed by atoms with Crippen molar-refractivity contribution < 1.29 is 18.3 Å². The normalized spacial score (nSPS) is 12.5. The zero-order valence-corrected chi connectivity index (χ0v) is 8.44. The Morgan fingerprint density at radius 1 is 1.27 bits per heavy atom. The van der Waals surface area contributed by atoms with Crippen molar-refractivity contribution in [3.05, 3.63) is 41.3 Å². The van der Waals surface area contributed by atoms with Gasteiger partial charge in [-0.05, 0) is 5.56 Å². The lowest BCUT2D eigenvalue weighted by molar-refractivity contribution is -0.130. The monoisotopic (exact) mass is 227 g/mol. The molecule has 0 radical (unpaired) electrons. The molecule has 0 saturated carbocycles. The number of carboxylic acids is 1. The van der Waals surface area contributed by atoms with Crippen molar-refractivity contribution in [3.8, 4) is 0 Å². The Balaban J connectivity index is 3.29. The molecular weight excluding hydrogens is 218 g/mol. The highest BCUT2D eigenvalue weighted by atomic mass is 32.2. The van der Waals surface area contributed by atoms with Crippen molar-refractivity contribution >= 4 is 21.6 Å². The summed E-state index contributed by atoms with van der Waals surface area (Å²) in [4.78, 5) is 10.8. The van der Waals surface area contributed by atoms with Crippen LogP contribution in [0, 0.1) is 0 Å². The smallest absolute Gasteiger partial charge is 0.337 e. The van der Waals surface area contributed by atoms with Crippen LogP contribution in [0.2, 0.25) is 0 Å². The number of sulfonamides is 1. The molecule has 0 heterocycles. The maximum absolute atomic E-state index is 10.8. The molecule has 0 aliphatic rings. The second kappa shape index (κ2) is 4.24. The van der Waals surface area contributed by atoms with E-state index in [1.807, 2.05) is 0 Å². The molecule has 0 spiro atoms. The third kappa shape index (κ3) is 3.53. The predicted octanol–water partition coefficient (Wildman–Crippen LogP) is 0.401. The zero-order chi connectivity index (χ0) is 11.5. The summed E-state index contributed by atoms with van der Waals surface area (Å²) in [6, 6.07) is 7.89. The molecule has 5 nitrogen and oxygen atoms in total. The number of hydrogen-bond acceptors (Lipinski definition) is 3. The van der Waals surface area contributed by atoms with Gasteiger partial charge < -0.3 is 5.11 Å². The molecule has 15 heavy (non-hydrogen) atoms. The summed E-state index contributed by atoms with van der Waals surface area (Å²) < 4.78 is 21.5. The third-order valence-electron chi connectivity index (χ3n) is 1.60. The highest BCUT2D eigenvalue weighted by Gasteiger charge is 2.12. The Labute approximate surface area is 86.9 Å². The van der Waals surface area contributed by atoms with Gasteiger partial charge in [0.15, 0.2) is 0 Å². The Kier molecular flexibility index (Phi) is 3.23. The van der Waals surface area contributed by atoms with Crippen LogP contribution in [0.1, 0.15) is 5.56 Å². The van der Waals surface area contributed by atoms with Crippen molar-refractivity contribution in [3.63, 3.8) is 0 Å². The van der Waals surface area contributed by atoms with E-state index in [0.717, 1.165) is 0 Å². The number of benzene rings is 1. The van der Waals surface area contributed by atoms with Crippen LogP contribution in [0.3, 0.4) is 0 Å². The van der Waals surface area contributed by atoms with Crippen molar-refractivity contribution in [1.82, 2.24) is 0 Å². The minimum Gasteiger partial charge on any atom is -0.478 e. The number of nitrogens with two attached hydrogens (primary N) is 1. The Morgan fingerprint density at radius 2 is 1.80 bits per heavy atom. The van der Waals surface area contributed by atoms with Gasteiger partial charge in [0, 0.05) is 0 Å². The predicted molar refractivity (Wildman–Crippen MR) is 55.2 cm³/mol. The first-order chi connectivity index (χ1) is 6.90. The maximum Gasteiger partial charge on any atom is 0.337 e. The fourth-order valence-electron chi connectivity index (χ4n) is 1.02. The molecule has 3 N–H and O–H groups in total. The summed E-state index contributed by atoms with van der Waals surface area (Å²) in [6.45, 7) is 0. The minimum atomic E-state index is -3.96. The second-order valence-corrected chi connectivity index (χ2v) is 4.21. The second-order valence-electron chi connectivity index (χ2n) is 2.79. The third-order valence-corrected chi connectivity index (χ3v) is 2.16. The van der Waals surface area contributed by atoms with Crippen molar-refractivity contribution in [2.75, 3.05) is 0 Å². The first kappa shape index (κ1) is 11.4. The van der Waals surface area contributed by atoms with Gasteiger partial charge in [0.25, 0.3) is 0 Å². The summed E-state index contributed by atoms with van der Waals surface area (Å²) in [5, 5.41) is 14.1. The van der Waals surface area contributed by atoms with Gasteiger partial charge in [0.05, 0.1) is 11.0 Å². The molecule has 0 unspecified atom stereocenters. The van der Waals surface area contributed by atoms with E-state index in [0.29, 0.717) is 11.0 Å². The van der Waals surface area contributed by atoms with Crippen molar-refractivity contribution in [1.29, 1.82) is 0 Å². The van der Waals surface area contributed by atoms with Crippen LogP contribution < -0.4 is 5.14 Å². The molecular formula is C9H9NO4S. The molecule has 0 atom stereocenters. The molecule has 0 bridgehead atoms. The quantitative estimate of drug-likeness (QED) is 0.730. The van der Waals surface area contributed by atoms with E-state index < -0.39 is 16.0 Å². The SMILES string of the molecule is NS(=O)(=O)C=C(C(=O)O)c1ccccc1. The van der Waals surface area contributed by atoms with Crippen LogP contribution in [0.4, 0.5) is 0 Å². The van der Waals surface area contributed by atoms with Gasteiger partial charge in [-0.2, -0.15) is 0 Å². The molecule has 0 fully saturated rings. The summed E-state index contributed by atoms with van der Waals surface area (Å²) in [5.41, 5.74) is -0.0582. The van der Waals surface area contributed by atoms with E-state index >= 15 is 0 Å². The number of rotatable bonds is 3. The Bertz CT molecular complexity index is 490. The topological polar surface area (TPSA) is 97.5 Å². The fourth-order valence-corrected chi connectivity index (χ4v) is 1.59. The van der Waals surface area contributed by atoms with Gasteiger partial charge in [-0.3, -0.25) is 0 Å². The molecule has 0 aliphatic heterocycles. The van der Waals surface area contributed by atoms with Gasteiger partial charge >= 0.3 is 5.97 Å². The average molecular weight is 227 g/mol. The zero-order valence-electron chi connectivity index (χ0n) is 7.62. The molecule has 80 valence electrons. The molecule has 0 aromatic heterocycles. The fraction of sp³-hybridized carbons (Fsp3) is 0. The largest absolute Gasteiger partial charge is 0.478 e. The van der Waals surface area contributed by atoms with E-state index in [2.05, 4.69) is 0 Å². The highest BCUT2D eigenvalue weighted by Crippen LogP contribution is 2.14. The lowest BCUT2D eigenvalue weighted by Gasteiger charge is -2.00. The van der Waals surface area contributed by atoms with Gasteiger partial charge in [-0.25, -0.2) is 18.4 Å². The number of carboxylic acid groups (broad SMARTS) is 1. The first-order valence-electron chi connectivity index (χ1n) is 3.93. The molecule has 1 rings (SSSR count). The van der Waals surface area contributed by atoms with E-state index in [9.17, 15) is 13.2 Å². The van der Waals surface area contributed by atoms with Crippen LogP contribution in [-0.4, -0.2) is 19.5 Å². The Hall–Kier alpha value is -1.66. The van der Waals surface area contributed by atoms with Crippen LogP contribution in [0.5, 0.6) is 0 Å². The number of aliphatic carboxylic acids is 1. The molecule has 0 amide bonds. The first-order valence-corrected chi connectivity index (χ1v) is 5.54. The molecule has 1 aromatic carbocycles. The lowest BCUT2D eigenvalue weighted by Crippen LogP contribution is -2.11. The van der Waals surface area contributed by atoms with E-state index in [-0.39, 0.29) is 5.57 Å². The molecule has 0 saturated heterocycles. The summed E-state index contributed by atoms with van der Waals surface area (Å²) in [5.74, 6) is -1.34. The molecule has 0 aliphatic carbocycles. The summed E-state index contributed by atoms with van der Waals surface area (Å²) in [7, 11) is -3.96. The maximum atomic E-state index is 10.8.